The Kier molecular flexibility index (Phi) is 2.68. The van der Waals surface area contributed by atoms with E-state index in [1.54, 1.807) is 6.92 Å². The van der Waals surface area contributed by atoms with E-state index >= 15 is 0 Å². The van der Waals surface area contributed by atoms with E-state index in [1.165, 1.54) is 6.07 Å². The lowest BCUT2D eigenvalue weighted by Gasteiger charge is -1.98. The zero-order valence-corrected chi connectivity index (χ0v) is 8.26. The number of aryl methyl sites for hydroxylation is 1. The first-order valence-electron chi connectivity index (χ1n) is 3.32. The highest BCUT2D eigenvalue weighted by Crippen LogP contribution is 2.13. The Bertz CT molecular complexity index is 441. The van der Waals surface area contributed by atoms with Crippen LogP contribution in [-0.4, -0.2) is 19.7 Å². The molecule has 0 saturated carbocycles. The molecule has 0 spiro atoms. The van der Waals surface area contributed by atoms with Gasteiger partial charge in [0.05, 0.1) is 0 Å². The monoisotopic (exact) mass is 219 g/mol. The molecule has 0 N–H and O–H groups in total. The summed E-state index contributed by atoms with van der Waals surface area (Å²) in [6.07, 6.45) is 0.542. The van der Waals surface area contributed by atoms with Crippen LogP contribution in [0.2, 0.25) is 0 Å². The van der Waals surface area contributed by atoms with Crippen LogP contribution in [0, 0.1) is 6.92 Å². The number of aldehydes is 1. The van der Waals surface area contributed by atoms with Gasteiger partial charge in [-0.05, 0) is 19.1 Å². The van der Waals surface area contributed by atoms with Crippen molar-refractivity contribution in [3.63, 3.8) is 0 Å². The SMILES string of the molecule is Cc1cc(C=O)cc(S(=O)(=O)Cl)n1. The summed E-state index contributed by atoms with van der Waals surface area (Å²) in [7, 11) is 1.20. The molecule has 0 aromatic carbocycles. The minimum absolute atomic E-state index is 0.242. The van der Waals surface area contributed by atoms with Crippen molar-refractivity contribution in [3.05, 3.63) is 23.4 Å². The van der Waals surface area contributed by atoms with Gasteiger partial charge < -0.3 is 0 Å². The summed E-state index contributed by atoms with van der Waals surface area (Å²) < 4.78 is 21.7. The highest BCUT2D eigenvalue weighted by Gasteiger charge is 2.12. The molecule has 0 saturated heterocycles. The molecule has 13 heavy (non-hydrogen) atoms. The van der Waals surface area contributed by atoms with E-state index in [0.717, 1.165) is 6.07 Å². The largest absolute Gasteiger partial charge is 0.298 e. The van der Waals surface area contributed by atoms with Crippen molar-refractivity contribution in [2.24, 2.45) is 0 Å². The van der Waals surface area contributed by atoms with Crippen molar-refractivity contribution in [3.8, 4) is 0 Å². The third kappa shape index (κ3) is 2.50. The number of pyridine rings is 1. The molecule has 0 aliphatic heterocycles. The highest BCUT2D eigenvalue weighted by atomic mass is 35.7. The zero-order valence-electron chi connectivity index (χ0n) is 6.69. The molecule has 1 aromatic rings. The van der Waals surface area contributed by atoms with Gasteiger partial charge in [-0.1, -0.05) is 0 Å². The van der Waals surface area contributed by atoms with Crippen LogP contribution in [0.5, 0.6) is 0 Å². The summed E-state index contributed by atoms with van der Waals surface area (Å²) in [4.78, 5) is 14.0. The van der Waals surface area contributed by atoms with E-state index in [9.17, 15) is 13.2 Å². The van der Waals surface area contributed by atoms with E-state index in [1.807, 2.05) is 0 Å². The van der Waals surface area contributed by atoms with Crippen LogP contribution in [0.1, 0.15) is 16.1 Å². The predicted octanol–water partition coefficient (Wildman–Crippen LogP) is 1.13. The minimum Gasteiger partial charge on any atom is -0.298 e. The smallest absolute Gasteiger partial charge is 0.278 e. The number of carbonyl (C=O) groups is 1. The molecule has 0 aliphatic rings. The topological polar surface area (TPSA) is 64.1 Å². The van der Waals surface area contributed by atoms with Gasteiger partial charge in [0, 0.05) is 21.9 Å². The number of halogens is 1. The fourth-order valence-electron chi connectivity index (χ4n) is 0.857. The van der Waals surface area contributed by atoms with E-state index in [-0.39, 0.29) is 10.6 Å². The number of carbonyl (C=O) groups excluding carboxylic acids is 1. The van der Waals surface area contributed by atoms with Gasteiger partial charge in [0.2, 0.25) is 0 Å². The van der Waals surface area contributed by atoms with Crippen molar-refractivity contribution in [2.75, 3.05) is 0 Å². The van der Waals surface area contributed by atoms with Crippen molar-refractivity contribution in [1.82, 2.24) is 4.98 Å². The molecule has 6 heteroatoms. The molecule has 0 aliphatic carbocycles. The van der Waals surface area contributed by atoms with E-state index < -0.39 is 9.05 Å². The Morgan fingerprint density at radius 3 is 2.54 bits per heavy atom. The highest BCUT2D eigenvalue weighted by molar-refractivity contribution is 8.13. The van der Waals surface area contributed by atoms with Crippen LogP contribution in [0.15, 0.2) is 17.2 Å². The number of rotatable bonds is 2. The van der Waals surface area contributed by atoms with Crippen LogP contribution < -0.4 is 0 Å². The standard InChI is InChI=1S/C7H6ClNO3S/c1-5-2-6(4-10)3-7(9-5)13(8,11)12/h2-4H,1H3. The van der Waals surface area contributed by atoms with Crippen LogP contribution in [0.4, 0.5) is 0 Å². The summed E-state index contributed by atoms with van der Waals surface area (Å²) in [6.45, 7) is 1.58. The summed E-state index contributed by atoms with van der Waals surface area (Å²) >= 11 is 0. The Balaban J connectivity index is 3.41. The first-order valence-corrected chi connectivity index (χ1v) is 5.63. The molecule has 70 valence electrons. The third-order valence-electron chi connectivity index (χ3n) is 1.34. The zero-order chi connectivity index (χ0) is 10.1. The van der Waals surface area contributed by atoms with Gasteiger partial charge in [0.15, 0.2) is 5.03 Å². The van der Waals surface area contributed by atoms with Gasteiger partial charge in [-0.25, -0.2) is 13.4 Å². The normalized spacial score (nSPS) is 11.2. The maximum absolute atomic E-state index is 10.8. The minimum atomic E-state index is -3.86. The molecule has 0 bridgehead atoms. The lowest BCUT2D eigenvalue weighted by Crippen LogP contribution is -1.98. The average molecular weight is 220 g/mol. The van der Waals surface area contributed by atoms with Gasteiger partial charge in [0.1, 0.15) is 6.29 Å². The predicted molar refractivity (Wildman–Crippen MR) is 47.4 cm³/mol. The van der Waals surface area contributed by atoms with Crippen LogP contribution >= 0.6 is 10.7 Å². The second kappa shape index (κ2) is 3.43. The fraction of sp³-hybridized carbons (Fsp3) is 0.143. The van der Waals surface area contributed by atoms with Crippen molar-refractivity contribution in [2.45, 2.75) is 11.9 Å². The molecule has 0 radical (unpaired) electrons. The molecule has 0 amide bonds. The van der Waals surface area contributed by atoms with Crippen LogP contribution in [0.25, 0.3) is 0 Å². The molecule has 0 fully saturated rings. The number of hydrogen-bond donors (Lipinski definition) is 0. The van der Waals surface area contributed by atoms with Crippen molar-refractivity contribution >= 4 is 26.0 Å². The molecular formula is C7H6ClNO3S. The van der Waals surface area contributed by atoms with E-state index in [0.29, 0.717) is 12.0 Å². The first kappa shape index (κ1) is 10.1. The van der Waals surface area contributed by atoms with E-state index in [4.69, 9.17) is 10.7 Å². The average Bonchev–Trinajstić information content (AvgIpc) is 2.01. The number of nitrogens with zero attached hydrogens (tertiary/aromatic N) is 1. The molecule has 1 aromatic heterocycles. The number of hydrogen-bond acceptors (Lipinski definition) is 4. The van der Waals surface area contributed by atoms with Crippen LogP contribution in [0.3, 0.4) is 0 Å². The molecule has 0 atom stereocenters. The van der Waals surface area contributed by atoms with Crippen molar-refractivity contribution in [1.29, 1.82) is 0 Å². The molecule has 1 heterocycles. The van der Waals surface area contributed by atoms with E-state index in [2.05, 4.69) is 4.98 Å². The van der Waals surface area contributed by atoms with Gasteiger partial charge in [-0.2, -0.15) is 0 Å². The maximum atomic E-state index is 10.8. The Hall–Kier alpha value is -0.940. The lowest BCUT2D eigenvalue weighted by atomic mass is 10.2. The second-order valence-corrected chi connectivity index (χ2v) is 4.95. The molecule has 4 nitrogen and oxygen atoms in total. The quantitative estimate of drug-likeness (QED) is 0.553. The maximum Gasteiger partial charge on any atom is 0.278 e. The molecular weight excluding hydrogens is 214 g/mol. The van der Waals surface area contributed by atoms with Gasteiger partial charge >= 0.3 is 0 Å². The second-order valence-electron chi connectivity index (χ2n) is 2.44. The fourth-order valence-corrected chi connectivity index (χ4v) is 1.62. The third-order valence-corrected chi connectivity index (χ3v) is 2.52. The molecule has 0 unspecified atom stereocenters. The molecule has 1 rings (SSSR count). The Labute approximate surface area is 80.0 Å². The van der Waals surface area contributed by atoms with Gasteiger partial charge in [0.25, 0.3) is 9.05 Å². The summed E-state index contributed by atoms with van der Waals surface area (Å²) in [5.74, 6) is 0. The van der Waals surface area contributed by atoms with Crippen LogP contribution in [-0.2, 0) is 9.05 Å². The summed E-state index contributed by atoms with van der Waals surface area (Å²) in [5, 5.41) is -0.295. The van der Waals surface area contributed by atoms with Gasteiger partial charge in [-0.15, -0.1) is 0 Å². The first-order chi connectivity index (χ1) is 5.93. The number of aromatic nitrogens is 1. The Morgan fingerprint density at radius 1 is 1.46 bits per heavy atom. The van der Waals surface area contributed by atoms with Crippen molar-refractivity contribution < 1.29 is 13.2 Å². The lowest BCUT2D eigenvalue weighted by molar-refractivity contribution is 0.112. The Morgan fingerprint density at radius 2 is 2.08 bits per heavy atom. The van der Waals surface area contributed by atoms with Gasteiger partial charge in [-0.3, -0.25) is 4.79 Å². The summed E-state index contributed by atoms with van der Waals surface area (Å²) in [5.41, 5.74) is 0.676. The summed E-state index contributed by atoms with van der Waals surface area (Å²) in [6, 6.07) is 2.60.